The molecule has 2 aromatic carbocycles. The highest BCUT2D eigenvalue weighted by atomic mass is 35.5. The minimum Gasteiger partial charge on any atom is -0.484 e. The van der Waals surface area contributed by atoms with Gasteiger partial charge in [0.15, 0.2) is 6.61 Å². The normalized spacial score (nSPS) is 11.1. The van der Waals surface area contributed by atoms with Gasteiger partial charge in [0, 0.05) is 24.7 Å². The lowest BCUT2D eigenvalue weighted by Crippen LogP contribution is -2.29. The van der Waals surface area contributed by atoms with E-state index in [1.807, 2.05) is 0 Å². The van der Waals surface area contributed by atoms with Crippen molar-refractivity contribution >= 4 is 23.4 Å². The van der Waals surface area contributed by atoms with E-state index in [4.69, 9.17) is 16.3 Å². The Kier molecular flexibility index (Phi) is 8.59. The highest BCUT2D eigenvalue weighted by Crippen LogP contribution is 2.31. The van der Waals surface area contributed by atoms with Gasteiger partial charge >= 0.3 is 6.18 Å². The van der Waals surface area contributed by atoms with Gasteiger partial charge in [-0.25, -0.2) is 8.78 Å². The van der Waals surface area contributed by atoms with Gasteiger partial charge < -0.3 is 15.4 Å². The van der Waals surface area contributed by atoms with Crippen molar-refractivity contribution in [3.8, 4) is 5.75 Å². The van der Waals surface area contributed by atoms with Crippen LogP contribution >= 0.6 is 11.6 Å². The van der Waals surface area contributed by atoms with E-state index in [0.29, 0.717) is 12.1 Å². The first-order valence-corrected chi connectivity index (χ1v) is 9.51. The number of nitrogens with one attached hydrogen (secondary N) is 2. The number of carbonyl (C=O) groups excluding carboxylic acids is 2. The summed E-state index contributed by atoms with van der Waals surface area (Å²) in [5, 5.41) is 4.73. The van der Waals surface area contributed by atoms with Gasteiger partial charge in [0.25, 0.3) is 5.91 Å². The molecular weight excluding hydrogens is 459 g/mol. The molecule has 2 amide bonds. The quantitative estimate of drug-likeness (QED) is 0.514. The molecule has 0 saturated carbocycles. The van der Waals surface area contributed by atoms with Crippen LogP contribution in [0.1, 0.15) is 24.0 Å². The summed E-state index contributed by atoms with van der Waals surface area (Å²) in [6, 6.07) is 6.13. The molecule has 0 spiro atoms. The van der Waals surface area contributed by atoms with E-state index in [9.17, 15) is 31.5 Å². The molecule has 0 atom stereocenters. The average molecular weight is 477 g/mol. The Bertz CT molecular complexity index is 1010. The molecule has 0 aliphatic heterocycles. The molecule has 2 N–H and O–H groups in total. The number of halogens is 6. The molecule has 0 saturated heterocycles. The van der Waals surface area contributed by atoms with Crippen LogP contribution in [0.15, 0.2) is 48.7 Å². The third-order valence-corrected chi connectivity index (χ3v) is 4.36. The number of allylic oxidation sites excluding steroid dienone is 1. The predicted octanol–water partition coefficient (Wildman–Crippen LogP) is 4.74. The number of hydrogen-bond donors (Lipinski definition) is 2. The van der Waals surface area contributed by atoms with Crippen LogP contribution in [-0.2, 0) is 22.3 Å². The van der Waals surface area contributed by atoms with Crippen molar-refractivity contribution in [2.24, 2.45) is 0 Å². The number of hydrogen-bond acceptors (Lipinski definition) is 3. The van der Waals surface area contributed by atoms with Crippen LogP contribution in [0.25, 0.3) is 0 Å². The Morgan fingerprint density at radius 1 is 1.00 bits per heavy atom. The Hall–Kier alpha value is -3.14. The number of alkyl halides is 3. The fraction of sp³-hybridized carbons (Fsp3) is 0.238. The number of carbonyl (C=O) groups is 2. The lowest BCUT2D eigenvalue weighted by atomic mass is 10.1. The third-order valence-electron chi connectivity index (χ3n) is 4.06. The van der Waals surface area contributed by atoms with Gasteiger partial charge in [0.1, 0.15) is 17.4 Å². The van der Waals surface area contributed by atoms with Crippen molar-refractivity contribution in [2.75, 3.05) is 6.61 Å². The Morgan fingerprint density at radius 3 is 2.38 bits per heavy atom. The molecule has 0 radical (unpaired) electrons. The van der Waals surface area contributed by atoms with Crippen molar-refractivity contribution in [3.05, 3.63) is 76.5 Å². The lowest BCUT2D eigenvalue weighted by Gasteiger charge is -2.12. The second-order valence-electron chi connectivity index (χ2n) is 6.61. The van der Waals surface area contributed by atoms with E-state index in [1.54, 1.807) is 0 Å². The first-order chi connectivity index (χ1) is 15.0. The van der Waals surface area contributed by atoms with Crippen LogP contribution in [0, 0.1) is 11.6 Å². The fourth-order valence-electron chi connectivity index (χ4n) is 2.46. The van der Waals surface area contributed by atoms with E-state index >= 15 is 0 Å². The minimum atomic E-state index is -4.84. The lowest BCUT2D eigenvalue weighted by molar-refractivity contribution is -0.140. The Balaban J connectivity index is 1.73. The average Bonchev–Trinajstić information content (AvgIpc) is 2.71. The Labute approximate surface area is 185 Å². The number of benzene rings is 2. The molecule has 0 heterocycles. The van der Waals surface area contributed by atoms with Gasteiger partial charge in [-0.15, -0.1) is 0 Å². The molecule has 0 fully saturated rings. The molecule has 0 unspecified atom stereocenters. The Morgan fingerprint density at radius 2 is 1.72 bits per heavy atom. The smallest absolute Gasteiger partial charge is 0.419 e. The molecule has 0 aromatic heterocycles. The van der Waals surface area contributed by atoms with Gasteiger partial charge in [-0.1, -0.05) is 24.2 Å². The maximum atomic E-state index is 13.3. The standard InChI is InChI=1S/C21H18ClF5N2O3/c1-12(29-20(31)11-32-14-4-5-16(22)18(24)9-14)2-7-19(30)28-10-13-3-6-17(23)15(8-13)21(25,26)27/h3-6,8-9H,1-2,7,10-11H2,(H,28,30)(H,29,31). The molecule has 0 aliphatic rings. The molecule has 11 heteroatoms. The van der Waals surface area contributed by atoms with Crippen molar-refractivity contribution in [3.63, 3.8) is 0 Å². The van der Waals surface area contributed by atoms with E-state index in [2.05, 4.69) is 17.2 Å². The molecule has 2 aromatic rings. The van der Waals surface area contributed by atoms with E-state index in [0.717, 1.165) is 12.1 Å². The maximum absolute atomic E-state index is 13.3. The van der Waals surface area contributed by atoms with Crippen LogP contribution < -0.4 is 15.4 Å². The highest BCUT2D eigenvalue weighted by Gasteiger charge is 2.34. The molecule has 32 heavy (non-hydrogen) atoms. The summed E-state index contributed by atoms with van der Waals surface area (Å²) < 4.78 is 69.9. The van der Waals surface area contributed by atoms with Crippen molar-refractivity contribution in [1.82, 2.24) is 10.6 Å². The van der Waals surface area contributed by atoms with Crippen LogP contribution in [0.5, 0.6) is 5.75 Å². The van der Waals surface area contributed by atoms with E-state index in [-0.39, 0.29) is 41.4 Å². The molecule has 2 rings (SSSR count). The topological polar surface area (TPSA) is 67.4 Å². The summed E-state index contributed by atoms with van der Waals surface area (Å²) in [6.07, 6.45) is -4.88. The van der Waals surface area contributed by atoms with Gasteiger partial charge in [-0.3, -0.25) is 9.59 Å². The van der Waals surface area contributed by atoms with Crippen LogP contribution in [0.4, 0.5) is 22.0 Å². The molecular formula is C21H18ClF5N2O3. The van der Waals surface area contributed by atoms with Gasteiger partial charge in [-0.05, 0) is 36.2 Å². The SMILES string of the molecule is C=C(CCC(=O)NCc1ccc(F)c(C(F)(F)F)c1)NC(=O)COc1ccc(Cl)c(F)c1. The fourth-order valence-corrected chi connectivity index (χ4v) is 2.58. The van der Waals surface area contributed by atoms with Crippen LogP contribution in [0.3, 0.4) is 0 Å². The van der Waals surface area contributed by atoms with Crippen LogP contribution in [0.2, 0.25) is 5.02 Å². The van der Waals surface area contributed by atoms with Crippen molar-refractivity contribution in [1.29, 1.82) is 0 Å². The molecule has 0 bridgehead atoms. The first-order valence-electron chi connectivity index (χ1n) is 9.13. The second kappa shape index (κ2) is 10.9. The zero-order chi connectivity index (χ0) is 23.9. The van der Waals surface area contributed by atoms with Crippen molar-refractivity contribution < 1.29 is 36.3 Å². The maximum Gasteiger partial charge on any atom is 0.419 e. The van der Waals surface area contributed by atoms with Gasteiger partial charge in [0.05, 0.1) is 10.6 Å². The largest absolute Gasteiger partial charge is 0.484 e. The molecule has 0 aliphatic carbocycles. The number of amides is 2. The minimum absolute atomic E-state index is 0.0599. The van der Waals surface area contributed by atoms with Crippen molar-refractivity contribution in [2.45, 2.75) is 25.6 Å². The predicted molar refractivity (Wildman–Crippen MR) is 107 cm³/mol. The summed E-state index contributed by atoms with van der Waals surface area (Å²) in [7, 11) is 0. The summed E-state index contributed by atoms with van der Waals surface area (Å²) in [5.74, 6) is -3.09. The van der Waals surface area contributed by atoms with Crippen LogP contribution in [-0.4, -0.2) is 18.4 Å². The van der Waals surface area contributed by atoms with Gasteiger partial charge in [0.2, 0.25) is 5.91 Å². The number of rotatable bonds is 9. The monoisotopic (exact) mass is 476 g/mol. The first kappa shape index (κ1) is 25.1. The number of ether oxygens (including phenoxy) is 1. The summed E-state index contributed by atoms with van der Waals surface area (Å²) >= 11 is 5.55. The summed E-state index contributed by atoms with van der Waals surface area (Å²) in [6.45, 7) is 2.94. The zero-order valence-corrected chi connectivity index (χ0v) is 17.2. The highest BCUT2D eigenvalue weighted by molar-refractivity contribution is 6.30. The molecule has 172 valence electrons. The molecule has 5 nitrogen and oxygen atoms in total. The summed E-state index contributed by atoms with van der Waals surface area (Å²) in [4.78, 5) is 23.7. The zero-order valence-electron chi connectivity index (χ0n) is 16.5. The summed E-state index contributed by atoms with van der Waals surface area (Å²) in [5.41, 5.74) is -1.13. The van der Waals surface area contributed by atoms with E-state index in [1.165, 1.54) is 12.1 Å². The third kappa shape index (κ3) is 7.84. The van der Waals surface area contributed by atoms with E-state index < -0.39 is 41.8 Å². The van der Waals surface area contributed by atoms with Gasteiger partial charge in [-0.2, -0.15) is 13.2 Å². The second-order valence-corrected chi connectivity index (χ2v) is 7.01.